The third-order valence-electron chi connectivity index (χ3n) is 5.53. The number of allylic oxidation sites excluding steroid dienone is 4. The standard InChI is InChI=1S/C22H22ClN3S/c23-18-13-7-6-12-17(18)20-21(24-16-10-4-5-11-16)26-19(14-27-22(26)25-20)15-8-2-1-3-9-15/h1-2,6-8,12-14,16,24H,3-5,9-11H2. The number of nitrogens with one attached hydrogen (secondary N) is 1. The van der Waals surface area contributed by atoms with E-state index in [1.54, 1.807) is 11.3 Å². The maximum atomic E-state index is 6.54. The fourth-order valence-electron chi connectivity index (χ4n) is 4.14. The van der Waals surface area contributed by atoms with Gasteiger partial charge in [-0.3, -0.25) is 4.40 Å². The Morgan fingerprint density at radius 3 is 2.81 bits per heavy atom. The molecule has 3 aromatic rings. The van der Waals surface area contributed by atoms with Crippen molar-refractivity contribution in [2.75, 3.05) is 5.32 Å². The minimum Gasteiger partial charge on any atom is -0.367 e. The van der Waals surface area contributed by atoms with Crippen molar-refractivity contribution in [3.63, 3.8) is 0 Å². The Kier molecular flexibility index (Phi) is 4.54. The molecule has 2 aliphatic rings. The number of halogens is 1. The van der Waals surface area contributed by atoms with E-state index < -0.39 is 0 Å². The zero-order valence-corrected chi connectivity index (χ0v) is 16.7. The molecule has 0 saturated heterocycles. The fraction of sp³-hybridized carbons (Fsp3) is 0.318. The maximum Gasteiger partial charge on any atom is 0.196 e. The second-order valence-electron chi connectivity index (χ2n) is 7.31. The molecule has 0 amide bonds. The Morgan fingerprint density at radius 2 is 2.04 bits per heavy atom. The summed E-state index contributed by atoms with van der Waals surface area (Å²) in [7, 11) is 0. The highest BCUT2D eigenvalue weighted by Crippen LogP contribution is 2.39. The average molecular weight is 396 g/mol. The van der Waals surface area contributed by atoms with Gasteiger partial charge in [-0.25, -0.2) is 4.98 Å². The van der Waals surface area contributed by atoms with E-state index in [-0.39, 0.29) is 0 Å². The predicted molar refractivity (Wildman–Crippen MR) is 116 cm³/mol. The summed E-state index contributed by atoms with van der Waals surface area (Å²) in [6.07, 6.45) is 13.8. The Morgan fingerprint density at radius 1 is 1.19 bits per heavy atom. The third-order valence-corrected chi connectivity index (χ3v) is 6.69. The van der Waals surface area contributed by atoms with Gasteiger partial charge >= 0.3 is 0 Å². The lowest BCUT2D eigenvalue weighted by atomic mass is 10.0. The molecule has 5 rings (SSSR count). The molecule has 0 atom stereocenters. The molecular formula is C22H22ClN3S. The summed E-state index contributed by atoms with van der Waals surface area (Å²) in [5.41, 5.74) is 4.60. The van der Waals surface area contributed by atoms with Gasteiger partial charge in [0.2, 0.25) is 0 Å². The molecule has 27 heavy (non-hydrogen) atoms. The van der Waals surface area contributed by atoms with Crippen molar-refractivity contribution in [1.82, 2.24) is 9.38 Å². The highest BCUT2D eigenvalue weighted by Gasteiger charge is 2.24. The molecule has 2 aromatic heterocycles. The highest BCUT2D eigenvalue weighted by molar-refractivity contribution is 7.15. The number of aromatic nitrogens is 2. The van der Waals surface area contributed by atoms with Crippen molar-refractivity contribution in [3.8, 4) is 11.3 Å². The van der Waals surface area contributed by atoms with Crippen molar-refractivity contribution in [2.24, 2.45) is 0 Å². The van der Waals surface area contributed by atoms with Gasteiger partial charge in [0.1, 0.15) is 11.5 Å². The Bertz CT molecular complexity index is 1040. The Labute approximate surface area is 168 Å². The van der Waals surface area contributed by atoms with Crippen molar-refractivity contribution in [1.29, 1.82) is 0 Å². The van der Waals surface area contributed by atoms with E-state index in [0.29, 0.717) is 6.04 Å². The Balaban J connectivity index is 1.70. The fourth-order valence-corrected chi connectivity index (χ4v) is 5.27. The number of thiazole rings is 1. The van der Waals surface area contributed by atoms with Crippen LogP contribution < -0.4 is 5.32 Å². The van der Waals surface area contributed by atoms with Crippen LogP contribution in [0.15, 0.2) is 47.9 Å². The molecule has 1 saturated carbocycles. The molecule has 2 heterocycles. The van der Waals surface area contributed by atoms with E-state index in [9.17, 15) is 0 Å². The van der Waals surface area contributed by atoms with Crippen molar-refractivity contribution >= 4 is 39.3 Å². The minimum absolute atomic E-state index is 0.513. The summed E-state index contributed by atoms with van der Waals surface area (Å²) in [6.45, 7) is 0. The van der Waals surface area contributed by atoms with Gasteiger partial charge in [0.05, 0.1) is 10.7 Å². The molecule has 138 valence electrons. The molecule has 1 aromatic carbocycles. The number of anilines is 1. The summed E-state index contributed by atoms with van der Waals surface area (Å²) < 4.78 is 2.31. The van der Waals surface area contributed by atoms with E-state index in [1.165, 1.54) is 37.0 Å². The first-order valence-corrected chi connectivity index (χ1v) is 10.9. The van der Waals surface area contributed by atoms with Crippen molar-refractivity contribution in [2.45, 2.75) is 44.6 Å². The van der Waals surface area contributed by atoms with Crippen LogP contribution in [0.2, 0.25) is 5.02 Å². The van der Waals surface area contributed by atoms with Gasteiger partial charge in [-0.05, 0) is 37.3 Å². The van der Waals surface area contributed by atoms with Crippen LogP contribution in [0.25, 0.3) is 21.8 Å². The topological polar surface area (TPSA) is 29.3 Å². The number of benzene rings is 1. The van der Waals surface area contributed by atoms with E-state index in [2.05, 4.69) is 39.4 Å². The third kappa shape index (κ3) is 3.11. The Hall–Kier alpha value is -2.04. The highest BCUT2D eigenvalue weighted by atomic mass is 35.5. The van der Waals surface area contributed by atoms with Crippen LogP contribution in [0.4, 0.5) is 5.82 Å². The van der Waals surface area contributed by atoms with Crippen LogP contribution in [-0.4, -0.2) is 15.4 Å². The van der Waals surface area contributed by atoms with Gasteiger partial charge in [0, 0.05) is 17.0 Å². The number of imidazole rings is 1. The summed E-state index contributed by atoms with van der Waals surface area (Å²) in [5, 5.41) is 6.82. The van der Waals surface area contributed by atoms with Crippen LogP contribution in [0.1, 0.15) is 44.2 Å². The van der Waals surface area contributed by atoms with E-state index in [1.807, 2.05) is 18.2 Å². The molecule has 0 bridgehead atoms. The molecular weight excluding hydrogens is 374 g/mol. The molecule has 0 unspecified atom stereocenters. The largest absolute Gasteiger partial charge is 0.367 e. The summed E-state index contributed by atoms with van der Waals surface area (Å²) in [4.78, 5) is 6.01. The lowest BCUT2D eigenvalue weighted by Crippen LogP contribution is -2.17. The smallest absolute Gasteiger partial charge is 0.196 e. The number of hydrogen-bond donors (Lipinski definition) is 1. The summed E-state index contributed by atoms with van der Waals surface area (Å²) >= 11 is 8.24. The summed E-state index contributed by atoms with van der Waals surface area (Å²) in [5.74, 6) is 1.09. The van der Waals surface area contributed by atoms with Crippen LogP contribution in [0, 0.1) is 0 Å². The first-order chi connectivity index (χ1) is 13.3. The molecule has 1 fully saturated rings. The lowest BCUT2D eigenvalue weighted by Gasteiger charge is -2.17. The van der Waals surface area contributed by atoms with Crippen molar-refractivity contribution < 1.29 is 0 Å². The van der Waals surface area contributed by atoms with Gasteiger partial charge in [-0.2, -0.15) is 0 Å². The quantitative estimate of drug-likeness (QED) is 0.526. The zero-order valence-electron chi connectivity index (χ0n) is 15.1. The molecule has 5 heteroatoms. The zero-order chi connectivity index (χ0) is 18.2. The monoisotopic (exact) mass is 395 g/mol. The average Bonchev–Trinajstić information content (AvgIpc) is 3.42. The normalized spacial score (nSPS) is 17.6. The van der Waals surface area contributed by atoms with Gasteiger partial charge in [0.15, 0.2) is 4.96 Å². The SMILES string of the molecule is Clc1ccccc1-c1nc2scc(C3=CC=CCC3)n2c1NC1CCCC1. The van der Waals surface area contributed by atoms with Crippen LogP contribution in [0.3, 0.4) is 0 Å². The predicted octanol–water partition coefficient (Wildman–Crippen LogP) is 6.80. The first kappa shape index (κ1) is 17.1. The summed E-state index contributed by atoms with van der Waals surface area (Å²) in [6, 6.07) is 8.53. The van der Waals surface area contributed by atoms with Gasteiger partial charge < -0.3 is 5.32 Å². The van der Waals surface area contributed by atoms with Crippen molar-refractivity contribution in [3.05, 3.63) is 58.6 Å². The first-order valence-electron chi connectivity index (χ1n) is 9.69. The second kappa shape index (κ2) is 7.17. The number of nitrogens with zero attached hydrogens (tertiary/aromatic N) is 2. The molecule has 3 nitrogen and oxygen atoms in total. The molecule has 0 radical (unpaired) electrons. The molecule has 0 spiro atoms. The van der Waals surface area contributed by atoms with Crippen LogP contribution in [0.5, 0.6) is 0 Å². The van der Waals surface area contributed by atoms with E-state index in [0.717, 1.165) is 39.9 Å². The van der Waals surface area contributed by atoms with Crippen LogP contribution in [-0.2, 0) is 0 Å². The van der Waals surface area contributed by atoms with Crippen LogP contribution >= 0.6 is 22.9 Å². The molecule has 0 aliphatic heterocycles. The van der Waals surface area contributed by atoms with Gasteiger partial charge in [0.25, 0.3) is 0 Å². The molecule has 2 aliphatic carbocycles. The van der Waals surface area contributed by atoms with Gasteiger partial charge in [-0.1, -0.05) is 60.9 Å². The number of rotatable bonds is 4. The molecule has 1 N–H and O–H groups in total. The minimum atomic E-state index is 0.513. The number of fused-ring (bicyclic) bond motifs is 1. The van der Waals surface area contributed by atoms with E-state index in [4.69, 9.17) is 16.6 Å². The van der Waals surface area contributed by atoms with Gasteiger partial charge in [-0.15, -0.1) is 11.3 Å². The number of hydrogen-bond acceptors (Lipinski definition) is 3. The second-order valence-corrected chi connectivity index (χ2v) is 8.56. The lowest BCUT2D eigenvalue weighted by molar-refractivity contribution is 0.749. The van der Waals surface area contributed by atoms with E-state index >= 15 is 0 Å². The maximum absolute atomic E-state index is 6.54.